The first-order valence-corrected chi connectivity index (χ1v) is 10.6. The standard InChI is InChI=1S/C24H25F2N3O3/c25-19-9-7-17(8-10-19)13-29(14-18-4-1-2-6-21(18)26)15-23-28-22(16-32-23)24(30)27-12-20-5-3-11-31-20/h1-2,4,6-10,16,20H,3,5,11-15H2,(H,27,30)/t20-/m1/s1. The van der Waals surface area contributed by atoms with Gasteiger partial charge in [0, 0.05) is 31.8 Å². The molecular formula is C24H25F2N3O3. The van der Waals surface area contributed by atoms with Crippen LogP contribution in [0.3, 0.4) is 0 Å². The molecule has 1 saturated heterocycles. The van der Waals surface area contributed by atoms with Crippen LogP contribution < -0.4 is 5.32 Å². The lowest BCUT2D eigenvalue weighted by Crippen LogP contribution is -2.32. The minimum atomic E-state index is -0.324. The van der Waals surface area contributed by atoms with E-state index in [-0.39, 0.29) is 35.9 Å². The SMILES string of the molecule is O=C(NC[C@H]1CCCO1)c1coc(CN(Cc2ccc(F)cc2)Cc2ccccc2F)n1. The Kier molecular flexibility index (Phi) is 7.24. The van der Waals surface area contributed by atoms with E-state index in [0.717, 1.165) is 25.0 Å². The first kappa shape index (κ1) is 22.1. The molecule has 0 radical (unpaired) electrons. The number of hydrogen-bond acceptors (Lipinski definition) is 5. The largest absolute Gasteiger partial charge is 0.447 e. The zero-order valence-electron chi connectivity index (χ0n) is 17.6. The lowest BCUT2D eigenvalue weighted by atomic mass is 10.1. The highest BCUT2D eigenvalue weighted by Gasteiger charge is 2.19. The number of aromatic nitrogens is 1. The van der Waals surface area contributed by atoms with Crippen LogP contribution in [-0.2, 0) is 24.4 Å². The van der Waals surface area contributed by atoms with E-state index in [9.17, 15) is 13.6 Å². The number of ether oxygens (including phenoxy) is 1. The molecule has 168 valence electrons. The van der Waals surface area contributed by atoms with Crippen molar-refractivity contribution in [3.8, 4) is 0 Å². The Balaban J connectivity index is 1.43. The molecule has 32 heavy (non-hydrogen) atoms. The molecule has 1 aliphatic heterocycles. The van der Waals surface area contributed by atoms with Crippen LogP contribution in [0.25, 0.3) is 0 Å². The Morgan fingerprint density at radius 2 is 1.91 bits per heavy atom. The third-order valence-corrected chi connectivity index (χ3v) is 5.33. The van der Waals surface area contributed by atoms with Crippen LogP contribution in [0.4, 0.5) is 8.78 Å². The fourth-order valence-electron chi connectivity index (χ4n) is 3.66. The summed E-state index contributed by atoms with van der Waals surface area (Å²) in [5, 5.41) is 2.81. The molecule has 8 heteroatoms. The second kappa shape index (κ2) is 10.5. The fraction of sp³-hybridized carbons (Fsp3) is 0.333. The van der Waals surface area contributed by atoms with E-state index in [1.807, 2.05) is 4.90 Å². The lowest BCUT2D eigenvalue weighted by molar-refractivity contribution is 0.0853. The molecule has 1 atom stereocenters. The molecule has 1 amide bonds. The number of halogens is 2. The zero-order chi connectivity index (χ0) is 22.3. The minimum Gasteiger partial charge on any atom is -0.447 e. The maximum atomic E-state index is 14.2. The minimum absolute atomic E-state index is 0.0392. The highest BCUT2D eigenvalue weighted by molar-refractivity contribution is 5.91. The van der Waals surface area contributed by atoms with Crippen molar-refractivity contribution in [1.29, 1.82) is 0 Å². The molecule has 0 bridgehead atoms. The van der Waals surface area contributed by atoms with E-state index in [0.29, 0.717) is 31.1 Å². The number of carbonyl (C=O) groups is 1. The van der Waals surface area contributed by atoms with Crippen LogP contribution in [0.1, 0.15) is 40.3 Å². The van der Waals surface area contributed by atoms with Gasteiger partial charge in [0.15, 0.2) is 5.69 Å². The van der Waals surface area contributed by atoms with Gasteiger partial charge >= 0.3 is 0 Å². The number of nitrogens with zero attached hydrogens (tertiary/aromatic N) is 2. The number of carbonyl (C=O) groups excluding carboxylic acids is 1. The summed E-state index contributed by atoms with van der Waals surface area (Å²) in [6, 6.07) is 12.7. The highest BCUT2D eigenvalue weighted by Crippen LogP contribution is 2.17. The van der Waals surface area contributed by atoms with Crippen LogP contribution in [0, 0.1) is 11.6 Å². The first-order chi connectivity index (χ1) is 15.6. The van der Waals surface area contributed by atoms with Gasteiger partial charge in [0.05, 0.1) is 12.6 Å². The van der Waals surface area contributed by atoms with E-state index in [2.05, 4.69) is 10.3 Å². The van der Waals surface area contributed by atoms with Crippen molar-refractivity contribution in [2.24, 2.45) is 0 Å². The van der Waals surface area contributed by atoms with Gasteiger partial charge in [0.1, 0.15) is 17.9 Å². The number of rotatable bonds is 9. The van der Waals surface area contributed by atoms with E-state index >= 15 is 0 Å². The van der Waals surface area contributed by atoms with Crippen molar-refractivity contribution < 1.29 is 22.7 Å². The van der Waals surface area contributed by atoms with Crippen molar-refractivity contribution in [2.75, 3.05) is 13.2 Å². The monoisotopic (exact) mass is 441 g/mol. The van der Waals surface area contributed by atoms with Gasteiger partial charge in [-0.25, -0.2) is 13.8 Å². The highest BCUT2D eigenvalue weighted by atomic mass is 19.1. The molecule has 1 aromatic heterocycles. The number of benzene rings is 2. The summed E-state index contributed by atoms with van der Waals surface area (Å²) in [6.45, 7) is 2.14. The summed E-state index contributed by atoms with van der Waals surface area (Å²) in [5.74, 6) is -0.612. The van der Waals surface area contributed by atoms with E-state index in [4.69, 9.17) is 9.15 Å². The molecule has 1 N–H and O–H groups in total. The maximum absolute atomic E-state index is 14.2. The Labute approximate surface area is 185 Å². The third-order valence-electron chi connectivity index (χ3n) is 5.33. The molecule has 0 unspecified atom stereocenters. The number of hydrogen-bond donors (Lipinski definition) is 1. The first-order valence-electron chi connectivity index (χ1n) is 10.6. The quantitative estimate of drug-likeness (QED) is 0.542. The smallest absolute Gasteiger partial charge is 0.273 e. The number of oxazole rings is 1. The van der Waals surface area contributed by atoms with E-state index in [1.54, 1.807) is 30.3 Å². The second-order valence-electron chi connectivity index (χ2n) is 7.83. The molecule has 6 nitrogen and oxygen atoms in total. The van der Waals surface area contributed by atoms with Gasteiger partial charge in [-0.1, -0.05) is 30.3 Å². The van der Waals surface area contributed by atoms with Crippen molar-refractivity contribution in [3.63, 3.8) is 0 Å². The van der Waals surface area contributed by atoms with Crippen molar-refractivity contribution in [1.82, 2.24) is 15.2 Å². The number of nitrogens with one attached hydrogen (secondary N) is 1. The molecule has 0 aliphatic carbocycles. The van der Waals surface area contributed by atoms with E-state index in [1.165, 1.54) is 24.5 Å². The molecule has 1 fully saturated rings. The number of amides is 1. The molecule has 2 heterocycles. The second-order valence-corrected chi connectivity index (χ2v) is 7.83. The lowest BCUT2D eigenvalue weighted by Gasteiger charge is -2.21. The van der Waals surface area contributed by atoms with Gasteiger partial charge in [-0.3, -0.25) is 9.69 Å². The van der Waals surface area contributed by atoms with Gasteiger partial charge in [0.2, 0.25) is 5.89 Å². The average Bonchev–Trinajstić information content (AvgIpc) is 3.47. The summed E-state index contributed by atoms with van der Waals surface area (Å²) in [5.41, 5.74) is 1.57. The summed E-state index contributed by atoms with van der Waals surface area (Å²) in [4.78, 5) is 18.6. The summed E-state index contributed by atoms with van der Waals surface area (Å²) < 4.78 is 38.5. The maximum Gasteiger partial charge on any atom is 0.273 e. The van der Waals surface area contributed by atoms with Crippen LogP contribution in [0.5, 0.6) is 0 Å². The Morgan fingerprint density at radius 1 is 1.09 bits per heavy atom. The van der Waals surface area contributed by atoms with Gasteiger partial charge in [0.25, 0.3) is 5.91 Å². The summed E-state index contributed by atoms with van der Waals surface area (Å²) in [7, 11) is 0. The average molecular weight is 441 g/mol. The predicted octanol–water partition coefficient (Wildman–Crippen LogP) is 4.06. The van der Waals surface area contributed by atoms with Crippen LogP contribution in [0.15, 0.2) is 59.2 Å². The molecule has 0 spiro atoms. The summed E-state index contributed by atoms with van der Waals surface area (Å²) in [6.07, 6.45) is 3.29. The zero-order valence-corrected chi connectivity index (χ0v) is 17.6. The Morgan fingerprint density at radius 3 is 2.66 bits per heavy atom. The van der Waals surface area contributed by atoms with Gasteiger partial charge < -0.3 is 14.5 Å². The normalized spacial score (nSPS) is 15.9. The Hall–Kier alpha value is -3.10. The van der Waals surface area contributed by atoms with Gasteiger partial charge in [-0.05, 0) is 36.6 Å². The molecule has 3 aromatic rings. The topological polar surface area (TPSA) is 67.6 Å². The predicted molar refractivity (Wildman–Crippen MR) is 114 cm³/mol. The van der Waals surface area contributed by atoms with Crippen molar-refractivity contribution >= 4 is 5.91 Å². The Bertz CT molecular complexity index is 1030. The fourth-order valence-corrected chi connectivity index (χ4v) is 3.66. The van der Waals surface area contributed by atoms with Gasteiger partial charge in [-0.2, -0.15) is 0 Å². The molecule has 0 saturated carbocycles. The molecule has 1 aliphatic rings. The molecular weight excluding hydrogens is 416 g/mol. The van der Waals surface area contributed by atoms with Crippen molar-refractivity contribution in [3.05, 3.63) is 89.1 Å². The van der Waals surface area contributed by atoms with Gasteiger partial charge in [-0.15, -0.1) is 0 Å². The van der Waals surface area contributed by atoms with Crippen LogP contribution in [0.2, 0.25) is 0 Å². The van der Waals surface area contributed by atoms with Crippen LogP contribution >= 0.6 is 0 Å². The molecule has 2 aromatic carbocycles. The third kappa shape index (κ3) is 5.99. The molecule has 4 rings (SSSR count). The summed E-state index contributed by atoms with van der Waals surface area (Å²) >= 11 is 0. The van der Waals surface area contributed by atoms with Crippen molar-refractivity contribution in [2.45, 2.75) is 38.6 Å². The van der Waals surface area contributed by atoms with E-state index < -0.39 is 0 Å². The van der Waals surface area contributed by atoms with Crippen LogP contribution in [-0.4, -0.2) is 35.0 Å².